The maximum absolute atomic E-state index is 12.1. The number of halogens is 1. The third-order valence-electron chi connectivity index (χ3n) is 4.94. The standard InChI is InChI=1S/C16H24N2O.ClH/c1-15(2)14(16(15,3)4)18-13(19)12(17)10-11-8-6-5-7-9-11;/h5-9,12,14H,10,17H2,1-4H3,(H,18,19);1H/t12-;/m0./s1. The molecule has 1 saturated carbocycles. The van der Waals surface area contributed by atoms with Crippen molar-refractivity contribution in [2.45, 2.75) is 46.2 Å². The lowest BCUT2D eigenvalue weighted by Crippen LogP contribution is -2.44. The highest BCUT2D eigenvalue weighted by Crippen LogP contribution is 2.62. The molecule has 0 aliphatic heterocycles. The molecule has 3 nitrogen and oxygen atoms in total. The second-order valence-electron chi connectivity index (χ2n) is 6.68. The number of carbonyl (C=O) groups is 1. The van der Waals surface area contributed by atoms with Gasteiger partial charge in [0.1, 0.15) is 0 Å². The second-order valence-corrected chi connectivity index (χ2v) is 6.68. The predicted octanol–water partition coefficient (Wildman–Crippen LogP) is 2.53. The van der Waals surface area contributed by atoms with Crippen LogP contribution in [0, 0.1) is 10.8 Å². The Labute approximate surface area is 127 Å². The molecule has 1 atom stereocenters. The first-order valence-corrected chi connectivity index (χ1v) is 6.86. The van der Waals surface area contributed by atoms with Gasteiger partial charge in [-0.05, 0) is 22.8 Å². The summed E-state index contributed by atoms with van der Waals surface area (Å²) in [6, 6.07) is 9.63. The van der Waals surface area contributed by atoms with Crippen LogP contribution in [0.25, 0.3) is 0 Å². The maximum Gasteiger partial charge on any atom is 0.237 e. The zero-order valence-electron chi connectivity index (χ0n) is 12.6. The predicted molar refractivity (Wildman–Crippen MR) is 84.9 cm³/mol. The van der Waals surface area contributed by atoms with E-state index in [9.17, 15) is 4.79 Å². The zero-order valence-corrected chi connectivity index (χ0v) is 13.5. The second kappa shape index (κ2) is 5.74. The molecular formula is C16H25ClN2O. The molecule has 1 aromatic carbocycles. The van der Waals surface area contributed by atoms with Gasteiger partial charge in [0.15, 0.2) is 0 Å². The highest BCUT2D eigenvalue weighted by atomic mass is 35.5. The molecule has 3 N–H and O–H groups in total. The average molecular weight is 297 g/mol. The van der Waals surface area contributed by atoms with Crippen LogP contribution < -0.4 is 11.1 Å². The van der Waals surface area contributed by atoms with E-state index in [4.69, 9.17) is 5.73 Å². The molecule has 0 radical (unpaired) electrons. The summed E-state index contributed by atoms with van der Waals surface area (Å²) < 4.78 is 0. The van der Waals surface area contributed by atoms with E-state index >= 15 is 0 Å². The SMILES string of the molecule is CC1(C)C(NC(=O)[C@@H](N)Cc2ccccc2)C1(C)C.Cl. The quantitative estimate of drug-likeness (QED) is 0.897. The average Bonchev–Trinajstić information content (AvgIpc) is 2.73. The Bertz CT molecular complexity index is 457. The van der Waals surface area contributed by atoms with Crippen LogP contribution in [0.15, 0.2) is 30.3 Å². The molecule has 0 bridgehead atoms. The molecule has 1 aliphatic rings. The summed E-state index contributed by atoms with van der Waals surface area (Å²) in [6.45, 7) is 8.72. The van der Waals surface area contributed by atoms with Gasteiger partial charge in [0.2, 0.25) is 5.91 Å². The molecule has 0 spiro atoms. The minimum Gasteiger partial charge on any atom is -0.351 e. The first-order chi connectivity index (χ1) is 8.76. The Kier molecular flexibility index (Phi) is 4.88. The molecule has 2 rings (SSSR count). The van der Waals surface area contributed by atoms with Gasteiger partial charge in [0, 0.05) is 6.04 Å². The van der Waals surface area contributed by atoms with E-state index in [1.807, 2.05) is 30.3 Å². The molecule has 0 heterocycles. The van der Waals surface area contributed by atoms with Gasteiger partial charge in [-0.3, -0.25) is 4.79 Å². The van der Waals surface area contributed by atoms with Crippen molar-refractivity contribution in [1.82, 2.24) is 5.32 Å². The molecule has 1 aliphatic carbocycles. The van der Waals surface area contributed by atoms with Crippen LogP contribution in [-0.2, 0) is 11.2 Å². The summed E-state index contributed by atoms with van der Waals surface area (Å²) in [5.74, 6) is -0.0486. The number of amides is 1. The van der Waals surface area contributed by atoms with E-state index in [1.54, 1.807) is 0 Å². The van der Waals surface area contributed by atoms with Gasteiger partial charge in [0.25, 0.3) is 0 Å². The minimum atomic E-state index is -0.477. The van der Waals surface area contributed by atoms with Gasteiger partial charge in [-0.2, -0.15) is 0 Å². The van der Waals surface area contributed by atoms with Crippen LogP contribution in [0.4, 0.5) is 0 Å². The van der Waals surface area contributed by atoms with Crippen molar-refractivity contribution in [3.05, 3.63) is 35.9 Å². The van der Waals surface area contributed by atoms with Gasteiger partial charge in [0.05, 0.1) is 6.04 Å². The number of nitrogens with one attached hydrogen (secondary N) is 1. The zero-order chi connectivity index (χ0) is 14.3. The highest BCUT2D eigenvalue weighted by molar-refractivity contribution is 5.85. The molecular weight excluding hydrogens is 272 g/mol. The fraction of sp³-hybridized carbons (Fsp3) is 0.562. The topological polar surface area (TPSA) is 55.1 Å². The number of hydrogen-bond donors (Lipinski definition) is 2. The van der Waals surface area contributed by atoms with Crippen LogP contribution in [0.2, 0.25) is 0 Å². The maximum atomic E-state index is 12.1. The molecule has 1 aromatic rings. The van der Waals surface area contributed by atoms with Gasteiger partial charge >= 0.3 is 0 Å². The Balaban J connectivity index is 0.00000200. The lowest BCUT2D eigenvalue weighted by molar-refractivity contribution is -0.122. The van der Waals surface area contributed by atoms with Crippen molar-refractivity contribution in [3.8, 4) is 0 Å². The van der Waals surface area contributed by atoms with Crippen LogP contribution >= 0.6 is 12.4 Å². The van der Waals surface area contributed by atoms with Crippen molar-refractivity contribution in [3.63, 3.8) is 0 Å². The number of carbonyl (C=O) groups excluding carboxylic acids is 1. The summed E-state index contributed by atoms with van der Waals surface area (Å²) in [5.41, 5.74) is 7.38. The first kappa shape index (κ1) is 17.0. The molecule has 1 fully saturated rings. The molecule has 0 saturated heterocycles. The summed E-state index contributed by atoms with van der Waals surface area (Å²) in [4.78, 5) is 12.1. The van der Waals surface area contributed by atoms with Crippen molar-refractivity contribution in [2.24, 2.45) is 16.6 Å². The molecule has 112 valence electrons. The van der Waals surface area contributed by atoms with E-state index in [0.29, 0.717) is 6.42 Å². The third-order valence-corrected chi connectivity index (χ3v) is 4.94. The Morgan fingerprint density at radius 2 is 1.70 bits per heavy atom. The molecule has 20 heavy (non-hydrogen) atoms. The van der Waals surface area contributed by atoms with Crippen LogP contribution in [0.5, 0.6) is 0 Å². The summed E-state index contributed by atoms with van der Waals surface area (Å²) in [5, 5.41) is 3.09. The molecule has 4 heteroatoms. The van der Waals surface area contributed by atoms with Gasteiger partial charge in [-0.1, -0.05) is 58.0 Å². The fourth-order valence-corrected chi connectivity index (χ4v) is 2.77. The van der Waals surface area contributed by atoms with Crippen molar-refractivity contribution >= 4 is 18.3 Å². The summed E-state index contributed by atoms with van der Waals surface area (Å²) in [6.07, 6.45) is 0.584. The van der Waals surface area contributed by atoms with Crippen LogP contribution in [0.1, 0.15) is 33.3 Å². The normalized spacial score (nSPS) is 20.6. The van der Waals surface area contributed by atoms with Crippen LogP contribution in [-0.4, -0.2) is 18.0 Å². The Morgan fingerprint density at radius 1 is 1.20 bits per heavy atom. The van der Waals surface area contributed by atoms with Crippen molar-refractivity contribution in [1.29, 1.82) is 0 Å². The number of benzene rings is 1. The van der Waals surface area contributed by atoms with E-state index in [-0.39, 0.29) is 35.2 Å². The first-order valence-electron chi connectivity index (χ1n) is 6.86. The van der Waals surface area contributed by atoms with E-state index in [0.717, 1.165) is 5.56 Å². The van der Waals surface area contributed by atoms with Gasteiger partial charge < -0.3 is 11.1 Å². The van der Waals surface area contributed by atoms with E-state index in [2.05, 4.69) is 33.0 Å². The molecule has 0 unspecified atom stereocenters. The largest absolute Gasteiger partial charge is 0.351 e. The Morgan fingerprint density at radius 3 is 2.15 bits per heavy atom. The lowest BCUT2D eigenvalue weighted by atomic mass is 10.0. The third kappa shape index (κ3) is 2.99. The summed E-state index contributed by atoms with van der Waals surface area (Å²) in [7, 11) is 0. The fourth-order valence-electron chi connectivity index (χ4n) is 2.77. The number of rotatable bonds is 4. The molecule has 1 amide bonds. The number of hydrogen-bond acceptors (Lipinski definition) is 2. The Hall–Kier alpha value is -1.06. The smallest absolute Gasteiger partial charge is 0.237 e. The number of nitrogens with two attached hydrogens (primary N) is 1. The van der Waals surface area contributed by atoms with Crippen molar-refractivity contribution < 1.29 is 4.79 Å². The van der Waals surface area contributed by atoms with E-state index < -0.39 is 6.04 Å². The highest BCUT2D eigenvalue weighted by Gasteiger charge is 2.65. The van der Waals surface area contributed by atoms with Crippen LogP contribution in [0.3, 0.4) is 0 Å². The molecule has 0 aromatic heterocycles. The minimum absolute atomic E-state index is 0. The van der Waals surface area contributed by atoms with Gasteiger partial charge in [-0.15, -0.1) is 12.4 Å². The van der Waals surface area contributed by atoms with E-state index in [1.165, 1.54) is 0 Å². The van der Waals surface area contributed by atoms with Crippen molar-refractivity contribution in [2.75, 3.05) is 0 Å². The monoisotopic (exact) mass is 296 g/mol. The van der Waals surface area contributed by atoms with Gasteiger partial charge in [-0.25, -0.2) is 0 Å². The lowest BCUT2D eigenvalue weighted by Gasteiger charge is -2.13. The summed E-state index contributed by atoms with van der Waals surface area (Å²) >= 11 is 0.